The second kappa shape index (κ2) is 8.76. The van der Waals surface area contributed by atoms with Crippen LogP contribution in [0.5, 0.6) is 0 Å². The van der Waals surface area contributed by atoms with E-state index in [0.29, 0.717) is 24.0 Å². The number of thiazole rings is 1. The molecule has 3 heterocycles. The Kier molecular flexibility index (Phi) is 5.67. The molecule has 0 bridgehead atoms. The summed E-state index contributed by atoms with van der Waals surface area (Å²) in [6, 6.07) is 15.5. The highest BCUT2D eigenvalue weighted by atomic mass is 32.1. The van der Waals surface area contributed by atoms with Crippen LogP contribution >= 0.6 is 11.3 Å². The molecule has 5 rings (SSSR count). The van der Waals surface area contributed by atoms with Crippen LogP contribution in [-0.2, 0) is 11.3 Å². The summed E-state index contributed by atoms with van der Waals surface area (Å²) in [6.45, 7) is 5.37. The van der Waals surface area contributed by atoms with Gasteiger partial charge in [-0.3, -0.25) is 14.5 Å². The van der Waals surface area contributed by atoms with E-state index in [1.807, 2.05) is 29.2 Å². The van der Waals surface area contributed by atoms with Gasteiger partial charge < -0.3 is 4.90 Å². The van der Waals surface area contributed by atoms with Gasteiger partial charge in [0.1, 0.15) is 10.5 Å². The maximum Gasteiger partial charge on any atom is 0.277 e. The fourth-order valence-electron chi connectivity index (χ4n) is 4.11. The van der Waals surface area contributed by atoms with Crippen molar-refractivity contribution < 1.29 is 4.79 Å². The first-order chi connectivity index (χ1) is 15.6. The zero-order chi connectivity index (χ0) is 22.1. The molecule has 4 aromatic rings. The van der Waals surface area contributed by atoms with Crippen molar-refractivity contribution in [1.82, 2.24) is 29.8 Å². The van der Waals surface area contributed by atoms with Crippen LogP contribution in [0.1, 0.15) is 24.4 Å². The maximum absolute atomic E-state index is 12.7. The van der Waals surface area contributed by atoms with Gasteiger partial charge in [-0.05, 0) is 31.2 Å². The third-order valence-electron chi connectivity index (χ3n) is 6.05. The molecule has 1 aliphatic heterocycles. The van der Waals surface area contributed by atoms with E-state index in [2.05, 4.69) is 28.2 Å². The lowest BCUT2D eigenvalue weighted by atomic mass is 10.2. The summed E-state index contributed by atoms with van der Waals surface area (Å²) >= 11 is 1.74. The van der Waals surface area contributed by atoms with Gasteiger partial charge in [0.25, 0.3) is 5.56 Å². The Labute approximate surface area is 189 Å². The Morgan fingerprint density at radius 2 is 1.75 bits per heavy atom. The molecule has 164 valence electrons. The molecule has 2 aromatic carbocycles. The SMILES string of the molecule is CC(c1nc2ccccc2s1)N1CCN(C(=O)CCn2nnc3ccccc3c2=O)CC1. The first-order valence-corrected chi connectivity index (χ1v) is 11.6. The smallest absolute Gasteiger partial charge is 0.277 e. The Morgan fingerprint density at radius 1 is 1.03 bits per heavy atom. The monoisotopic (exact) mass is 448 g/mol. The van der Waals surface area contributed by atoms with Crippen molar-refractivity contribution >= 4 is 38.4 Å². The minimum absolute atomic E-state index is 0.0409. The molecule has 1 aliphatic rings. The zero-order valence-electron chi connectivity index (χ0n) is 17.8. The van der Waals surface area contributed by atoms with E-state index in [1.54, 1.807) is 29.5 Å². The van der Waals surface area contributed by atoms with Crippen LogP contribution < -0.4 is 5.56 Å². The number of rotatable bonds is 5. The molecule has 1 amide bonds. The van der Waals surface area contributed by atoms with E-state index in [-0.39, 0.29) is 30.5 Å². The molecule has 1 fully saturated rings. The zero-order valence-corrected chi connectivity index (χ0v) is 18.7. The number of hydrogen-bond donors (Lipinski definition) is 0. The summed E-state index contributed by atoms with van der Waals surface area (Å²) in [6.07, 6.45) is 0.236. The van der Waals surface area contributed by atoms with Crippen molar-refractivity contribution in [2.75, 3.05) is 26.2 Å². The Balaban J connectivity index is 1.18. The molecule has 0 radical (unpaired) electrons. The van der Waals surface area contributed by atoms with Crippen LogP contribution in [-0.4, -0.2) is 61.9 Å². The first kappa shape index (κ1) is 20.7. The van der Waals surface area contributed by atoms with E-state index in [0.717, 1.165) is 23.6 Å². The number of piperazine rings is 1. The minimum Gasteiger partial charge on any atom is -0.340 e. The van der Waals surface area contributed by atoms with Crippen LogP contribution in [0.2, 0.25) is 0 Å². The fraction of sp³-hybridized carbons (Fsp3) is 0.348. The van der Waals surface area contributed by atoms with Gasteiger partial charge in [0.05, 0.1) is 28.2 Å². The molecule has 8 nitrogen and oxygen atoms in total. The predicted octanol–water partition coefficient (Wildman–Crippen LogP) is 2.70. The molecule has 0 aliphatic carbocycles. The summed E-state index contributed by atoms with van der Waals surface area (Å²) in [4.78, 5) is 34.3. The van der Waals surface area contributed by atoms with Gasteiger partial charge in [0, 0.05) is 32.6 Å². The van der Waals surface area contributed by atoms with E-state index in [9.17, 15) is 9.59 Å². The van der Waals surface area contributed by atoms with E-state index < -0.39 is 0 Å². The number of aromatic nitrogens is 4. The number of hydrogen-bond acceptors (Lipinski definition) is 7. The number of fused-ring (bicyclic) bond motifs is 2. The van der Waals surface area contributed by atoms with Crippen molar-refractivity contribution in [3.8, 4) is 0 Å². The summed E-state index contributed by atoms with van der Waals surface area (Å²) in [5.74, 6) is 0.0409. The molecule has 1 saturated heterocycles. The molecule has 0 spiro atoms. The van der Waals surface area contributed by atoms with Crippen molar-refractivity contribution in [1.29, 1.82) is 0 Å². The number of carbonyl (C=O) groups is 1. The molecule has 2 aromatic heterocycles. The lowest BCUT2D eigenvalue weighted by Gasteiger charge is -2.37. The van der Waals surface area contributed by atoms with Crippen molar-refractivity contribution in [2.24, 2.45) is 0 Å². The quantitative estimate of drug-likeness (QED) is 0.467. The van der Waals surface area contributed by atoms with Crippen LogP contribution in [0.25, 0.3) is 21.1 Å². The third kappa shape index (κ3) is 4.01. The molecule has 1 atom stereocenters. The summed E-state index contributed by atoms with van der Waals surface area (Å²) in [5.41, 5.74) is 1.40. The lowest BCUT2D eigenvalue weighted by molar-refractivity contribution is -0.133. The third-order valence-corrected chi connectivity index (χ3v) is 7.26. The fourth-order valence-corrected chi connectivity index (χ4v) is 5.17. The van der Waals surface area contributed by atoms with Gasteiger partial charge in [0.2, 0.25) is 5.91 Å². The van der Waals surface area contributed by atoms with E-state index in [1.165, 1.54) is 9.38 Å². The number of carbonyl (C=O) groups excluding carboxylic acids is 1. The summed E-state index contributed by atoms with van der Waals surface area (Å²) in [5, 5.41) is 9.69. The van der Waals surface area contributed by atoms with Gasteiger partial charge in [-0.1, -0.05) is 29.5 Å². The van der Waals surface area contributed by atoms with Crippen LogP contribution in [0.3, 0.4) is 0 Å². The van der Waals surface area contributed by atoms with Crippen molar-refractivity contribution in [3.05, 3.63) is 63.9 Å². The highest BCUT2D eigenvalue weighted by Crippen LogP contribution is 2.29. The topological polar surface area (TPSA) is 84.2 Å². The maximum atomic E-state index is 12.7. The standard InChI is InChI=1S/C23H24N6O2S/c1-16(22-24-19-8-4-5-9-20(19)32-22)27-12-14-28(15-13-27)21(30)10-11-29-23(31)17-6-2-3-7-18(17)25-26-29/h2-9,16H,10-15H2,1H3. The minimum atomic E-state index is -0.210. The Bertz CT molecular complexity index is 1290. The highest BCUT2D eigenvalue weighted by molar-refractivity contribution is 7.18. The second-order valence-electron chi connectivity index (χ2n) is 8.00. The molecular formula is C23H24N6O2S. The van der Waals surface area contributed by atoms with Gasteiger partial charge in [-0.25, -0.2) is 9.67 Å². The van der Waals surface area contributed by atoms with Gasteiger partial charge >= 0.3 is 0 Å². The van der Waals surface area contributed by atoms with Crippen LogP contribution in [0.15, 0.2) is 53.3 Å². The predicted molar refractivity (Wildman–Crippen MR) is 125 cm³/mol. The number of nitrogens with zero attached hydrogens (tertiary/aromatic N) is 6. The Morgan fingerprint density at radius 3 is 2.53 bits per heavy atom. The molecule has 0 saturated carbocycles. The second-order valence-corrected chi connectivity index (χ2v) is 9.06. The van der Waals surface area contributed by atoms with E-state index in [4.69, 9.17) is 4.98 Å². The van der Waals surface area contributed by atoms with Crippen molar-refractivity contribution in [3.63, 3.8) is 0 Å². The van der Waals surface area contributed by atoms with Crippen LogP contribution in [0, 0.1) is 0 Å². The number of aryl methyl sites for hydroxylation is 1. The average Bonchev–Trinajstić information content (AvgIpc) is 3.28. The molecule has 32 heavy (non-hydrogen) atoms. The normalized spacial score (nSPS) is 16.0. The molecular weight excluding hydrogens is 424 g/mol. The van der Waals surface area contributed by atoms with Gasteiger partial charge in [0.15, 0.2) is 0 Å². The molecule has 0 N–H and O–H groups in total. The molecule has 9 heteroatoms. The first-order valence-electron chi connectivity index (χ1n) is 10.8. The summed E-state index contributed by atoms with van der Waals surface area (Å²) < 4.78 is 2.49. The van der Waals surface area contributed by atoms with Gasteiger partial charge in [-0.15, -0.1) is 16.4 Å². The van der Waals surface area contributed by atoms with Gasteiger partial charge in [-0.2, -0.15) is 0 Å². The van der Waals surface area contributed by atoms with E-state index >= 15 is 0 Å². The number of benzene rings is 2. The average molecular weight is 449 g/mol. The number of amides is 1. The van der Waals surface area contributed by atoms with Crippen LogP contribution in [0.4, 0.5) is 0 Å². The summed E-state index contributed by atoms with van der Waals surface area (Å²) in [7, 11) is 0. The lowest BCUT2D eigenvalue weighted by Crippen LogP contribution is -2.49. The number of para-hydroxylation sites is 1. The largest absolute Gasteiger partial charge is 0.340 e. The highest BCUT2D eigenvalue weighted by Gasteiger charge is 2.26. The Hall–Kier alpha value is -3.17. The molecule has 1 unspecified atom stereocenters. The van der Waals surface area contributed by atoms with Crippen molar-refractivity contribution in [2.45, 2.75) is 25.9 Å².